The third-order valence-electron chi connectivity index (χ3n) is 11.7. The third kappa shape index (κ3) is 11.6. The lowest BCUT2D eigenvalue weighted by molar-refractivity contribution is -0.141. The predicted molar refractivity (Wildman–Crippen MR) is 252 cm³/mol. The van der Waals surface area contributed by atoms with E-state index >= 15 is 0 Å². The Morgan fingerprint density at radius 1 is 0.551 bits per heavy atom. The van der Waals surface area contributed by atoms with Crippen LogP contribution in [-0.2, 0) is 73.4 Å². The largest absolute Gasteiger partial charge is 0.480 e. The molecule has 69 heavy (non-hydrogen) atoms. The van der Waals surface area contributed by atoms with Crippen LogP contribution in [0, 0.1) is 37.1 Å². The molecular weight excluding hydrogens is 937 g/mol. The number of aromatic nitrogens is 2. The van der Waals surface area contributed by atoms with Crippen molar-refractivity contribution >= 4 is 53.8 Å². The van der Waals surface area contributed by atoms with Crippen LogP contribution in [0.5, 0.6) is 0 Å². The molecule has 0 saturated carbocycles. The Balaban J connectivity index is 0.000000204. The zero-order valence-electron chi connectivity index (χ0n) is 37.5. The molecule has 2 aromatic heterocycles. The highest BCUT2D eigenvalue weighted by Gasteiger charge is 2.24. The molecule has 0 amide bonds. The normalized spacial score (nSPS) is 11.7. The molecule has 358 valence electrons. The predicted octanol–water partition coefficient (Wildman–Crippen LogP) is 8.85. The van der Waals surface area contributed by atoms with Crippen LogP contribution in [0.1, 0.15) is 44.8 Å². The van der Waals surface area contributed by atoms with Crippen LogP contribution in [0.3, 0.4) is 0 Å². The van der Waals surface area contributed by atoms with E-state index in [4.69, 9.17) is 4.74 Å². The van der Waals surface area contributed by atoms with E-state index in [1.54, 1.807) is 65.4 Å². The molecule has 2 heterocycles. The number of carbonyl (C=O) groups is 2. The molecule has 0 fully saturated rings. The lowest BCUT2D eigenvalue weighted by Crippen LogP contribution is -2.24. The van der Waals surface area contributed by atoms with E-state index in [2.05, 4.69) is 9.44 Å². The number of esters is 1. The maximum atomic E-state index is 14.1. The van der Waals surface area contributed by atoms with Crippen molar-refractivity contribution in [2.24, 2.45) is 0 Å². The number of nitrogens with zero attached hydrogens (tertiary/aromatic N) is 2. The molecule has 0 aliphatic heterocycles. The van der Waals surface area contributed by atoms with Crippen molar-refractivity contribution in [3.63, 3.8) is 0 Å². The van der Waals surface area contributed by atoms with E-state index in [0.717, 1.165) is 0 Å². The number of halogens is 4. The smallest absolute Gasteiger partial charge is 0.325 e. The molecule has 18 heteroatoms. The highest BCUT2D eigenvalue weighted by atomic mass is 32.2. The number of carboxylic acids is 1. The summed E-state index contributed by atoms with van der Waals surface area (Å²) in [6, 6.07) is 32.5. The molecule has 0 bridgehead atoms. The number of rotatable bonds is 16. The summed E-state index contributed by atoms with van der Waals surface area (Å²) in [5.74, 6) is -3.21. The van der Waals surface area contributed by atoms with Crippen molar-refractivity contribution in [3.8, 4) is 0 Å². The number of nitrogens with one attached hydrogen (secondary N) is 2. The number of hydrogen-bond donors (Lipinski definition) is 3. The third-order valence-corrected chi connectivity index (χ3v) is 14.7. The Labute approximate surface area is 395 Å². The number of carbonyl (C=O) groups excluding carboxylic acids is 1. The van der Waals surface area contributed by atoms with Crippen LogP contribution in [0.4, 0.5) is 17.6 Å². The first-order chi connectivity index (χ1) is 32.8. The Bertz CT molecular complexity index is 3430. The topological polar surface area (TPSA) is 166 Å². The Hall–Kier alpha value is -7.12. The van der Waals surface area contributed by atoms with Crippen LogP contribution in [0.2, 0.25) is 0 Å². The summed E-state index contributed by atoms with van der Waals surface area (Å²) in [6.45, 7) is 3.18. The summed E-state index contributed by atoms with van der Waals surface area (Å²) in [4.78, 5) is 23.5. The fourth-order valence-electron chi connectivity index (χ4n) is 8.15. The highest BCUT2D eigenvalue weighted by Crippen LogP contribution is 2.32. The Morgan fingerprint density at radius 3 is 1.32 bits per heavy atom. The monoisotopic (exact) mass is 982 g/mol. The molecule has 0 atom stereocenters. The highest BCUT2D eigenvalue weighted by molar-refractivity contribution is 7.89. The van der Waals surface area contributed by atoms with E-state index in [1.807, 2.05) is 0 Å². The quantitative estimate of drug-likeness (QED) is 0.0638. The van der Waals surface area contributed by atoms with Gasteiger partial charge in [0.1, 0.15) is 36.4 Å². The van der Waals surface area contributed by atoms with Gasteiger partial charge in [-0.25, -0.2) is 43.8 Å². The van der Waals surface area contributed by atoms with E-state index in [0.29, 0.717) is 66.6 Å². The second-order valence-corrected chi connectivity index (χ2v) is 19.5. The number of aliphatic carboxylic acids is 1. The SMILES string of the molecule is COC(=O)Cn1c(C)c(Cc2ccccc2S(=O)(=O)NCc2ccc(F)cc2)c2cc(F)ccc21.Cc1c(Cc2ccccc2S(=O)(=O)NCc2ccc(F)cc2)c2cc(F)ccc2n1CC(=O)O. The lowest BCUT2D eigenvalue weighted by atomic mass is 10.0. The number of fused-ring (bicyclic) bond motifs is 2. The van der Waals surface area contributed by atoms with E-state index in [1.165, 1.54) is 98.1 Å². The van der Waals surface area contributed by atoms with Gasteiger partial charge in [0.05, 0.1) is 16.9 Å². The van der Waals surface area contributed by atoms with Gasteiger partial charge in [-0.15, -0.1) is 0 Å². The van der Waals surface area contributed by atoms with Gasteiger partial charge in [0.15, 0.2) is 0 Å². The van der Waals surface area contributed by atoms with E-state index in [9.17, 15) is 49.1 Å². The maximum Gasteiger partial charge on any atom is 0.325 e. The zero-order chi connectivity index (χ0) is 49.6. The summed E-state index contributed by atoms with van der Waals surface area (Å²) in [5.41, 5.74) is 6.12. The van der Waals surface area contributed by atoms with Crippen LogP contribution in [-0.4, -0.2) is 50.1 Å². The number of hydrogen-bond acceptors (Lipinski definition) is 7. The molecule has 0 radical (unpaired) electrons. The Kier molecular flexibility index (Phi) is 15.2. The molecule has 0 spiro atoms. The number of sulfonamides is 2. The molecule has 12 nitrogen and oxygen atoms in total. The second-order valence-electron chi connectivity index (χ2n) is 16.1. The van der Waals surface area contributed by atoms with Gasteiger partial charge in [0.2, 0.25) is 20.0 Å². The van der Waals surface area contributed by atoms with Crippen molar-refractivity contribution < 1.29 is 53.8 Å². The molecule has 6 aromatic carbocycles. The van der Waals surface area contributed by atoms with Crippen molar-refractivity contribution in [1.82, 2.24) is 18.6 Å². The molecular formula is C51H46F4N4O8S2. The average molecular weight is 983 g/mol. The second kappa shape index (κ2) is 21.0. The van der Waals surface area contributed by atoms with Gasteiger partial charge in [0.25, 0.3) is 0 Å². The molecule has 8 rings (SSSR count). The fraction of sp³-hybridized carbons (Fsp3) is 0.176. The van der Waals surface area contributed by atoms with E-state index in [-0.39, 0.29) is 48.8 Å². The van der Waals surface area contributed by atoms with Gasteiger partial charge in [-0.2, -0.15) is 0 Å². The molecule has 0 saturated heterocycles. The van der Waals surface area contributed by atoms with Gasteiger partial charge < -0.3 is 19.0 Å². The first-order valence-corrected chi connectivity index (χ1v) is 24.3. The first kappa shape index (κ1) is 49.8. The van der Waals surface area contributed by atoms with Crippen LogP contribution in [0.15, 0.2) is 143 Å². The van der Waals surface area contributed by atoms with Gasteiger partial charge in [0, 0.05) is 59.1 Å². The summed E-state index contributed by atoms with van der Waals surface area (Å²) in [7, 11) is -6.54. The Morgan fingerprint density at radius 2 is 0.928 bits per heavy atom. The maximum absolute atomic E-state index is 14.1. The standard InChI is InChI=1S/C26H24F2N2O4S.C25H22F2N2O4S/c1-17-22(23-14-21(28)11-12-24(23)30(17)16-26(31)34-2)13-19-5-3-4-6-25(19)35(32,33)29-15-18-7-9-20(27)10-8-18;1-16-21(22-13-20(27)10-11-23(22)29(16)15-25(30)31)12-18-4-2-3-5-24(18)34(32,33)28-14-17-6-8-19(26)9-7-17/h3-12,14,29H,13,15-16H2,1-2H3;2-11,13,28H,12,14-15H2,1H3,(H,30,31). The summed E-state index contributed by atoms with van der Waals surface area (Å²) in [6.07, 6.45) is 0.361. The molecule has 0 aliphatic carbocycles. The number of carboxylic acid groups (broad SMARTS) is 1. The molecule has 8 aromatic rings. The molecule has 3 N–H and O–H groups in total. The minimum absolute atomic E-state index is 0.000373. The van der Waals surface area contributed by atoms with Crippen LogP contribution >= 0.6 is 0 Å². The fourth-order valence-corrected chi connectivity index (χ4v) is 10.7. The summed E-state index contributed by atoms with van der Waals surface area (Å²) < 4.78 is 120. The zero-order valence-corrected chi connectivity index (χ0v) is 39.1. The average Bonchev–Trinajstić information content (AvgIpc) is 3.71. The number of ether oxygens (including phenoxy) is 1. The number of methoxy groups -OCH3 is 1. The van der Waals surface area contributed by atoms with Gasteiger partial charge in [-0.05, 0) is 120 Å². The van der Waals surface area contributed by atoms with Crippen LogP contribution in [0.25, 0.3) is 21.8 Å². The van der Waals surface area contributed by atoms with Crippen molar-refractivity contribution in [1.29, 1.82) is 0 Å². The first-order valence-electron chi connectivity index (χ1n) is 21.3. The lowest BCUT2D eigenvalue weighted by Gasteiger charge is -2.13. The van der Waals surface area contributed by atoms with Crippen molar-refractivity contribution in [3.05, 3.63) is 201 Å². The summed E-state index contributed by atoms with van der Waals surface area (Å²) in [5, 5.41) is 10.4. The minimum atomic E-state index is -3.92. The van der Waals surface area contributed by atoms with Crippen molar-refractivity contribution in [2.45, 2.75) is 62.7 Å². The molecule has 0 unspecified atom stereocenters. The molecule has 0 aliphatic rings. The van der Waals surface area contributed by atoms with Gasteiger partial charge in [-0.1, -0.05) is 60.7 Å². The summed E-state index contributed by atoms with van der Waals surface area (Å²) >= 11 is 0. The number of benzene rings is 6. The van der Waals surface area contributed by atoms with Crippen LogP contribution < -0.4 is 9.44 Å². The van der Waals surface area contributed by atoms with Gasteiger partial charge in [-0.3, -0.25) is 9.59 Å². The minimum Gasteiger partial charge on any atom is -0.480 e. The van der Waals surface area contributed by atoms with E-state index < -0.39 is 55.3 Å². The van der Waals surface area contributed by atoms with Crippen molar-refractivity contribution in [2.75, 3.05) is 7.11 Å². The van der Waals surface area contributed by atoms with Gasteiger partial charge >= 0.3 is 11.9 Å².